The van der Waals surface area contributed by atoms with Crippen LogP contribution in [0.3, 0.4) is 0 Å². The minimum atomic E-state index is -1.14. The Morgan fingerprint density at radius 2 is 1.43 bits per heavy atom. The largest absolute Gasteiger partial charge is 0.481 e. The maximum absolute atomic E-state index is 14.3. The number of anilines is 1. The van der Waals surface area contributed by atoms with Gasteiger partial charge >= 0.3 is 12.0 Å². The summed E-state index contributed by atoms with van der Waals surface area (Å²) in [7, 11) is 1.60. The van der Waals surface area contributed by atoms with Crippen molar-refractivity contribution in [3.63, 3.8) is 0 Å². The molecule has 4 aromatic rings. The zero-order chi connectivity index (χ0) is 54.6. The number of nitrogens with one attached hydrogen (secondary N) is 5. The van der Waals surface area contributed by atoms with Crippen molar-refractivity contribution in [2.75, 3.05) is 84.9 Å². The van der Waals surface area contributed by atoms with Crippen LogP contribution in [0.5, 0.6) is 0 Å². The van der Waals surface area contributed by atoms with Crippen LogP contribution in [-0.4, -0.2) is 158 Å². The molecule has 0 saturated carbocycles. The molecule has 7 amide bonds. The number of urea groups is 1. The van der Waals surface area contributed by atoms with Crippen molar-refractivity contribution in [1.82, 2.24) is 41.1 Å². The smallest absolute Gasteiger partial charge is 0.322 e. The van der Waals surface area contributed by atoms with Crippen molar-refractivity contribution in [1.29, 1.82) is 0 Å². The molecular weight excluding hydrogens is 993 g/mol. The van der Waals surface area contributed by atoms with Gasteiger partial charge in [0.15, 0.2) is 0 Å². The number of benzene rings is 2. The second-order valence-electron chi connectivity index (χ2n) is 18.6. The third-order valence-corrected chi connectivity index (χ3v) is 12.9. The lowest BCUT2D eigenvalue weighted by Gasteiger charge is -2.30. The summed E-state index contributed by atoms with van der Waals surface area (Å²) in [5.74, 6) is -3.56. The van der Waals surface area contributed by atoms with Crippen molar-refractivity contribution < 1.29 is 57.6 Å². The van der Waals surface area contributed by atoms with Gasteiger partial charge in [0.1, 0.15) is 6.04 Å². The van der Waals surface area contributed by atoms with Gasteiger partial charge in [0.2, 0.25) is 23.6 Å². The number of pyridine rings is 2. The van der Waals surface area contributed by atoms with Crippen LogP contribution in [0.25, 0.3) is 10.9 Å². The lowest BCUT2D eigenvalue weighted by Crippen LogP contribution is -2.49. The first kappa shape index (κ1) is 58.9. The fourth-order valence-electron chi connectivity index (χ4n) is 8.73. The lowest BCUT2D eigenvalue weighted by atomic mass is 9.86. The van der Waals surface area contributed by atoms with Crippen molar-refractivity contribution >= 4 is 63.8 Å². The van der Waals surface area contributed by atoms with E-state index >= 15 is 0 Å². The minimum absolute atomic E-state index is 0.113. The number of ether oxygens (including phenoxy) is 4. The molecule has 0 bridgehead atoms. The van der Waals surface area contributed by atoms with E-state index in [-0.39, 0.29) is 50.1 Å². The Balaban J connectivity index is 0.958. The number of nitrogens with zero attached hydrogens (tertiary/aromatic N) is 5. The van der Waals surface area contributed by atoms with Crippen LogP contribution in [-0.2, 0) is 60.8 Å². The highest BCUT2D eigenvalue weighted by atomic mass is 16.6. The van der Waals surface area contributed by atoms with E-state index in [0.717, 1.165) is 51.7 Å². The van der Waals surface area contributed by atoms with E-state index in [9.17, 15) is 33.6 Å². The Morgan fingerprint density at radius 3 is 2.19 bits per heavy atom. The van der Waals surface area contributed by atoms with E-state index in [1.807, 2.05) is 60.7 Å². The highest BCUT2D eigenvalue weighted by Gasteiger charge is 2.34. The molecule has 2 aromatic heterocycles. The van der Waals surface area contributed by atoms with Gasteiger partial charge in [0.05, 0.1) is 76.4 Å². The predicted molar refractivity (Wildman–Crippen MR) is 285 cm³/mol. The van der Waals surface area contributed by atoms with Crippen LogP contribution in [0.4, 0.5) is 10.5 Å². The number of carbonyl (C=O) groups excluding carboxylic acids is 6. The topological polar surface area (TPSA) is 281 Å². The van der Waals surface area contributed by atoms with E-state index in [1.165, 1.54) is 0 Å². The van der Waals surface area contributed by atoms with Crippen LogP contribution in [0.2, 0.25) is 0 Å². The van der Waals surface area contributed by atoms with Gasteiger partial charge in [-0.05, 0) is 84.7 Å². The number of methoxy groups -OCH3 is 1. The highest BCUT2D eigenvalue weighted by molar-refractivity contribution is 6.07. The Kier molecular flexibility index (Phi) is 24.6. The van der Waals surface area contributed by atoms with Gasteiger partial charge in [0, 0.05) is 88.8 Å². The maximum Gasteiger partial charge on any atom is 0.322 e. The van der Waals surface area contributed by atoms with E-state index in [0.29, 0.717) is 110 Å². The van der Waals surface area contributed by atoms with Gasteiger partial charge in [-0.1, -0.05) is 43.2 Å². The third-order valence-electron chi connectivity index (χ3n) is 12.9. The van der Waals surface area contributed by atoms with Gasteiger partial charge in [-0.15, -0.1) is 0 Å². The van der Waals surface area contributed by atoms with Crippen LogP contribution < -0.4 is 26.6 Å². The molecule has 4 heterocycles. The van der Waals surface area contributed by atoms with Gasteiger partial charge in [-0.25, -0.2) is 9.80 Å². The normalized spacial score (nSPS) is 14.4. The number of aliphatic carboxylic acids is 1. The molecule has 77 heavy (non-hydrogen) atoms. The van der Waals surface area contributed by atoms with Crippen molar-refractivity contribution in [3.8, 4) is 0 Å². The van der Waals surface area contributed by atoms with Crippen molar-refractivity contribution in [2.45, 2.75) is 95.7 Å². The van der Waals surface area contributed by atoms with Crippen LogP contribution in [0, 0.1) is 0 Å². The Hall–Kier alpha value is -7.40. The molecular formula is C55H72N10O12. The van der Waals surface area contributed by atoms with Gasteiger partial charge < -0.3 is 55.5 Å². The number of unbranched alkanes of at least 4 members (excludes halogenated alkanes) is 4. The molecule has 6 N–H and O–H groups in total. The summed E-state index contributed by atoms with van der Waals surface area (Å²) in [6.07, 6.45) is 9.12. The molecule has 22 heteroatoms. The summed E-state index contributed by atoms with van der Waals surface area (Å²) < 4.78 is 21.1. The van der Waals surface area contributed by atoms with Gasteiger partial charge in [-0.2, -0.15) is 5.10 Å². The van der Waals surface area contributed by atoms with Crippen molar-refractivity contribution in [3.05, 3.63) is 102 Å². The molecule has 2 aliphatic heterocycles. The number of hydrogen-bond donors (Lipinski definition) is 6. The first-order chi connectivity index (χ1) is 37.5. The fraction of sp³-hybridized carbons (Fsp3) is 0.491. The number of aromatic nitrogens is 2. The number of carboxylic acid groups (broad SMARTS) is 1. The van der Waals surface area contributed by atoms with E-state index in [1.54, 1.807) is 35.6 Å². The Labute approximate surface area is 448 Å². The standard InChI is InChI=1S/C55H72N10O12/c1-74-28-29-76-32-33-77-31-30-75-27-21-50(67)58-22-6-4-12-47(62-51(68)36-60-49(66)18-19-52(69)70)53(71)59-23-5-2-3-7-26-65-54(72)45(43-10-8-13-46-44(43)11-9-24-57-46)34-48(63-65)39-14-16-42(17-15-39)61-55(73)64-37-40-20-25-56-35-41(40)38-64/h8-11,13-17,20,24-25,35,45,47H,2-7,12,18-19,21-23,26-34,36-38H2,1H3,(H,58,67)(H,59,71)(H,60,66)(H,61,73)(H,62,68)(H,69,70)/t45?,47-/m0/s1. The molecule has 414 valence electrons. The minimum Gasteiger partial charge on any atom is -0.481 e. The number of hydrogen-bond acceptors (Lipinski definition) is 14. The fourth-order valence-corrected chi connectivity index (χ4v) is 8.73. The number of carbonyl (C=O) groups is 7. The molecule has 0 spiro atoms. The molecule has 6 rings (SSSR count). The van der Waals surface area contributed by atoms with E-state index in [2.05, 4.69) is 36.6 Å². The average molecular weight is 1070 g/mol. The Bertz CT molecular complexity index is 2590. The molecule has 2 atom stereocenters. The second-order valence-corrected chi connectivity index (χ2v) is 18.6. The predicted octanol–water partition coefficient (Wildman–Crippen LogP) is 4.41. The molecule has 0 aliphatic carbocycles. The summed E-state index contributed by atoms with van der Waals surface area (Å²) in [5.41, 5.74) is 5.96. The molecule has 0 radical (unpaired) electrons. The first-order valence-corrected chi connectivity index (χ1v) is 26.3. The maximum atomic E-state index is 14.3. The number of fused-ring (bicyclic) bond motifs is 2. The summed E-state index contributed by atoms with van der Waals surface area (Å²) in [4.78, 5) is 99.5. The average Bonchev–Trinajstić information content (AvgIpc) is 3.89. The summed E-state index contributed by atoms with van der Waals surface area (Å²) >= 11 is 0. The second kappa shape index (κ2) is 32.2. The van der Waals surface area contributed by atoms with Crippen LogP contribution >= 0.6 is 0 Å². The molecule has 1 unspecified atom stereocenters. The van der Waals surface area contributed by atoms with E-state index < -0.39 is 42.2 Å². The van der Waals surface area contributed by atoms with Gasteiger partial charge in [-0.3, -0.25) is 38.7 Å². The lowest BCUT2D eigenvalue weighted by molar-refractivity contribution is -0.139. The van der Waals surface area contributed by atoms with Gasteiger partial charge in [0.25, 0.3) is 5.91 Å². The molecule has 0 fully saturated rings. The van der Waals surface area contributed by atoms with E-state index in [4.69, 9.17) is 29.2 Å². The SMILES string of the molecule is COCCOCCOCCOCCC(=O)NCCCC[C@H](NC(=O)CNC(=O)CCC(=O)O)C(=O)NCCCCCCN1N=C(c2ccc(NC(=O)N3Cc4ccncc4C3)cc2)CC(c2cccc3ncccc23)C1=O. The quantitative estimate of drug-likeness (QED) is 0.0354. The molecule has 2 aromatic carbocycles. The summed E-state index contributed by atoms with van der Waals surface area (Å²) in [5, 5.41) is 30.0. The number of rotatable bonds is 34. The summed E-state index contributed by atoms with van der Waals surface area (Å²) in [6.45, 7) is 4.47. The zero-order valence-electron chi connectivity index (χ0n) is 43.8. The van der Waals surface area contributed by atoms with Crippen LogP contribution in [0.15, 0.2) is 84.4 Å². The number of carboxylic acids is 1. The highest BCUT2D eigenvalue weighted by Crippen LogP contribution is 2.34. The molecule has 2 aliphatic rings. The number of amides is 7. The molecule has 22 nitrogen and oxygen atoms in total. The van der Waals surface area contributed by atoms with Crippen molar-refractivity contribution in [2.24, 2.45) is 5.10 Å². The first-order valence-electron chi connectivity index (χ1n) is 26.3. The Morgan fingerprint density at radius 1 is 0.714 bits per heavy atom. The number of hydrazone groups is 1. The van der Waals surface area contributed by atoms with Crippen LogP contribution in [0.1, 0.15) is 98.8 Å². The summed E-state index contributed by atoms with van der Waals surface area (Å²) in [6, 6.07) is 17.9. The molecule has 0 saturated heterocycles. The monoisotopic (exact) mass is 1060 g/mol. The third kappa shape index (κ3) is 19.9. The zero-order valence-corrected chi connectivity index (χ0v) is 43.8.